The van der Waals surface area contributed by atoms with Gasteiger partial charge in [0.15, 0.2) is 0 Å². The number of hydrogen-bond acceptors (Lipinski definition) is 0. The van der Waals surface area contributed by atoms with E-state index in [9.17, 15) is 0 Å². The fourth-order valence-corrected chi connectivity index (χ4v) is 3.47. The van der Waals surface area contributed by atoms with E-state index in [0.717, 1.165) is 0 Å². The second-order valence-corrected chi connectivity index (χ2v) is 8.06. The lowest BCUT2D eigenvalue weighted by Crippen LogP contribution is -1.86. The van der Waals surface area contributed by atoms with Crippen molar-refractivity contribution in [3.63, 3.8) is 0 Å². The highest BCUT2D eigenvalue weighted by Gasteiger charge is 1.95. The number of allylic oxidation sites excluding steroid dienone is 2. The molecule has 0 atom stereocenters. The fraction of sp³-hybridized carbons (Fsp3) is 0.400. The third kappa shape index (κ3) is 10.3. The second kappa shape index (κ2) is 15.3. The third-order valence-corrected chi connectivity index (χ3v) is 5.40. The van der Waals surface area contributed by atoms with Gasteiger partial charge in [-0.15, -0.1) is 0 Å². The van der Waals surface area contributed by atoms with Crippen LogP contribution in [0.2, 0.25) is 0 Å². The average molecular weight is 399 g/mol. The van der Waals surface area contributed by atoms with Gasteiger partial charge in [-0.05, 0) is 72.2 Å². The van der Waals surface area contributed by atoms with Crippen molar-refractivity contribution in [3.05, 3.63) is 82.9 Å². The van der Waals surface area contributed by atoms with Crippen molar-refractivity contribution in [1.82, 2.24) is 0 Å². The lowest BCUT2D eigenvalue weighted by Gasteiger charge is -2.02. The first kappa shape index (κ1) is 23.8. The molecule has 0 amide bonds. The van der Waals surface area contributed by atoms with Crippen molar-refractivity contribution in [2.45, 2.75) is 78.1 Å². The smallest absolute Gasteiger partial charge is 0.0109 e. The normalized spacial score (nSPS) is 11.1. The van der Waals surface area contributed by atoms with Crippen LogP contribution in [0, 0.1) is 11.8 Å². The van der Waals surface area contributed by atoms with Gasteiger partial charge in [-0.3, -0.25) is 0 Å². The van der Waals surface area contributed by atoms with Crippen LogP contribution in [0.1, 0.15) is 87.5 Å². The molecule has 0 aliphatic rings. The van der Waals surface area contributed by atoms with E-state index in [-0.39, 0.29) is 0 Å². The zero-order chi connectivity index (χ0) is 21.3. The Morgan fingerprint density at radius 1 is 0.533 bits per heavy atom. The molecule has 0 heteroatoms. The lowest BCUT2D eigenvalue weighted by molar-refractivity contribution is 0.632. The van der Waals surface area contributed by atoms with Gasteiger partial charge in [0.2, 0.25) is 0 Å². The Balaban J connectivity index is 1.72. The zero-order valence-electron chi connectivity index (χ0n) is 19.0. The van der Waals surface area contributed by atoms with Gasteiger partial charge in [0.1, 0.15) is 0 Å². The van der Waals surface area contributed by atoms with Gasteiger partial charge in [-0.2, -0.15) is 0 Å². The molecular weight excluding hydrogens is 360 g/mol. The van der Waals surface area contributed by atoms with Crippen LogP contribution >= 0.6 is 0 Å². The summed E-state index contributed by atoms with van der Waals surface area (Å²) in [4.78, 5) is 0. The maximum Gasteiger partial charge on any atom is -0.0109 e. The molecule has 0 heterocycles. The summed E-state index contributed by atoms with van der Waals surface area (Å²) >= 11 is 0. The summed E-state index contributed by atoms with van der Waals surface area (Å²) in [7, 11) is 0. The van der Waals surface area contributed by atoms with E-state index in [1.807, 2.05) is 12.2 Å². The highest BCUT2D eigenvalue weighted by molar-refractivity contribution is 5.56. The van der Waals surface area contributed by atoms with Crippen LogP contribution in [0.25, 0.3) is 12.2 Å². The van der Waals surface area contributed by atoms with E-state index >= 15 is 0 Å². The molecule has 0 aromatic heterocycles. The molecule has 0 N–H and O–H groups in total. The van der Waals surface area contributed by atoms with Crippen LogP contribution < -0.4 is 0 Å². The summed E-state index contributed by atoms with van der Waals surface area (Å²) in [5.41, 5.74) is 5.28. The van der Waals surface area contributed by atoms with Gasteiger partial charge in [0, 0.05) is 0 Å². The van der Waals surface area contributed by atoms with E-state index < -0.39 is 0 Å². The van der Waals surface area contributed by atoms with Crippen molar-refractivity contribution in [1.29, 1.82) is 0 Å². The van der Waals surface area contributed by atoms with Crippen molar-refractivity contribution >= 4 is 12.2 Å². The summed E-state index contributed by atoms with van der Waals surface area (Å²) < 4.78 is 0. The van der Waals surface area contributed by atoms with Crippen LogP contribution in [-0.4, -0.2) is 0 Å². The van der Waals surface area contributed by atoms with E-state index in [1.54, 1.807) is 0 Å². The largest absolute Gasteiger partial charge is 0.0702 e. The van der Waals surface area contributed by atoms with Crippen LogP contribution in [0.15, 0.2) is 60.7 Å². The second-order valence-electron chi connectivity index (χ2n) is 8.06. The Kier molecular flexibility index (Phi) is 12.1. The number of aryl methyl sites for hydroxylation is 2. The number of benzene rings is 2. The Bertz CT molecular complexity index is 807. The molecule has 0 aliphatic carbocycles. The minimum atomic E-state index is 1.18. The quantitative estimate of drug-likeness (QED) is 0.248. The molecular formula is C30H38. The summed E-state index contributed by atoms with van der Waals surface area (Å²) in [6, 6.07) is 17.7. The minimum Gasteiger partial charge on any atom is -0.0702 e. The predicted molar refractivity (Wildman–Crippen MR) is 134 cm³/mol. The first-order chi connectivity index (χ1) is 14.8. The molecule has 0 bridgehead atoms. The summed E-state index contributed by atoms with van der Waals surface area (Å²) in [6.07, 6.45) is 21.0. The van der Waals surface area contributed by atoms with E-state index in [2.05, 4.69) is 86.4 Å². The van der Waals surface area contributed by atoms with Crippen molar-refractivity contribution in [2.24, 2.45) is 0 Å². The molecule has 0 aliphatic heterocycles. The van der Waals surface area contributed by atoms with Crippen molar-refractivity contribution in [3.8, 4) is 11.8 Å². The Morgan fingerprint density at radius 2 is 0.933 bits per heavy atom. The van der Waals surface area contributed by atoms with E-state index in [0.29, 0.717) is 0 Å². The van der Waals surface area contributed by atoms with Gasteiger partial charge >= 0.3 is 0 Å². The molecule has 0 nitrogen and oxygen atoms in total. The molecule has 2 aromatic carbocycles. The first-order valence-electron chi connectivity index (χ1n) is 11.8. The van der Waals surface area contributed by atoms with Gasteiger partial charge in [-0.25, -0.2) is 0 Å². The predicted octanol–water partition coefficient (Wildman–Crippen LogP) is 8.66. The maximum absolute atomic E-state index is 3.10. The molecule has 0 spiro atoms. The molecule has 30 heavy (non-hydrogen) atoms. The molecule has 0 fully saturated rings. The van der Waals surface area contributed by atoms with Gasteiger partial charge in [0.05, 0.1) is 0 Å². The molecule has 0 saturated carbocycles. The molecule has 2 aromatic rings. The van der Waals surface area contributed by atoms with Gasteiger partial charge in [-0.1, -0.05) is 113 Å². The molecule has 0 saturated heterocycles. The fourth-order valence-electron chi connectivity index (χ4n) is 3.47. The van der Waals surface area contributed by atoms with Gasteiger partial charge in [0.25, 0.3) is 0 Å². The minimum absolute atomic E-state index is 1.18. The average Bonchev–Trinajstić information content (AvgIpc) is 2.78. The molecule has 0 radical (unpaired) electrons. The zero-order valence-corrected chi connectivity index (χ0v) is 19.0. The maximum atomic E-state index is 3.10. The van der Waals surface area contributed by atoms with Gasteiger partial charge < -0.3 is 0 Å². The van der Waals surface area contributed by atoms with Crippen LogP contribution in [0.3, 0.4) is 0 Å². The van der Waals surface area contributed by atoms with E-state index in [1.165, 1.54) is 86.5 Å². The summed E-state index contributed by atoms with van der Waals surface area (Å²) in [6.45, 7) is 4.51. The van der Waals surface area contributed by atoms with E-state index in [4.69, 9.17) is 0 Å². The number of unbranched alkanes of at least 4 members (excludes halogenated alkanes) is 6. The van der Waals surface area contributed by atoms with Crippen molar-refractivity contribution in [2.75, 3.05) is 0 Å². The van der Waals surface area contributed by atoms with Crippen LogP contribution in [0.5, 0.6) is 0 Å². The van der Waals surface area contributed by atoms with Crippen molar-refractivity contribution < 1.29 is 0 Å². The first-order valence-corrected chi connectivity index (χ1v) is 11.8. The Labute approximate surface area is 185 Å². The monoisotopic (exact) mass is 398 g/mol. The topological polar surface area (TPSA) is 0 Å². The Hall–Kier alpha value is -2.52. The summed E-state index contributed by atoms with van der Waals surface area (Å²) in [5, 5.41) is 0. The molecule has 2 rings (SSSR count). The number of rotatable bonds is 12. The third-order valence-electron chi connectivity index (χ3n) is 5.40. The number of hydrogen-bond donors (Lipinski definition) is 0. The molecule has 0 unspecified atom stereocenters. The summed E-state index contributed by atoms with van der Waals surface area (Å²) in [5.74, 6) is 6.20. The standard InChI is InChI=1S/C30H38/c1-3-5-7-8-12-16-28-23-25-30(26-24-28)18-14-10-9-13-17-29-21-19-27(20-22-29)15-11-6-4-2/h13-14,17-26H,3-8,11-12,15-16H2,1-2H3. The van der Waals surface area contributed by atoms with Crippen LogP contribution in [-0.2, 0) is 12.8 Å². The lowest BCUT2D eigenvalue weighted by atomic mass is 10.0. The highest BCUT2D eigenvalue weighted by Crippen LogP contribution is 2.12. The molecule has 158 valence electrons. The Morgan fingerprint density at radius 3 is 1.40 bits per heavy atom. The SMILES string of the molecule is CCCCCCCc1ccc(C=CC#CC=Cc2ccc(CCCCC)cc2)cc1. The highest BCUT2D eigenvalue weighted by atomic mass is 14.0. The van der Waals surface area contributed by atoms with Crippen LogP contribution in [0.4, 0.5) is 0 Å².